The summed E-state index contributed by atoms with van der Waals surface area (Å²) in [6.45, 7) is 5.54. The summed E-state index contributed by atoms with van der Waals surface area (Å²) in [4.78, 5) is 17.6. The molecule has 0 bridgehead atoms. The molecule has 0 aliphatic carbocycles. The molecule has 12 heteroatoms. The molecule has 1 amide bonds. The normalized spacial score (nSPS) is 19.6. The van der Waals surface area contributed by atoms with Crippen LogP contribution >= 0.6 is 23.2 Å². The molecule has 1 aliphatic heterocycles. The van der Waals surface area contributed by atoms with Crippen molar-refractivity contribution in [2.45, 2.75) is 45.4 Å². The minimum Gasteiger partial charge on any atom is -0.374 e. The molecule has 0 spiro atoms. The highest BCUT2D eigenvalue weighted by atomic mass is 35.5. The van der Waals surface area contributed by atoms with Crippen LogP contribution in [0.25, 0.3) is 0 Å². The molecule has 0 saturated heterocycles. The van der Waals surface area contributed by atoms with E-state index in [4.69, 9.17) is 28.0 Å². The summed E-state index contributed by atoms with van der Waals surface area (Å²) < 4.78 is 73.0. The van der Waals surface area contributed by atoms with E-state index >= 15 is 0 Å². The summed E-state index contributed by atoms with van der Waals surface area (Å²) in [5.74, 6) is -1.13. The third-order valence-corrected chi connectivity index (χ3v) is 7.87. The smallest absolute Gasteiger partial charge is 0.374 e. The second kappa shape index (κ2) is 10.3. The number of carbonyl (C=O) groups is 1. The minimum atomic E-state index is -4.94. The van der Waals surface area contributed by atoms with Crippen molar-refractivity contribution in [1.82, 2.24) is 0 Å². The van der Waals surface area contributed by atoms with Crippen molar-refractivity contribution < 1.29 is 31.4 Å². The molecule has 0 saturated carbocycles. The van der Waals surface area contributed by atoms with Crippen LogP contribution in [0.3, 0.4) is 0 Å². The summed E-state index contributed by atoms with van der Waals surface area (Å²) in [6, 6.07) is 5.92. The van der Waals surface area contributed by atoms with Gasteiger partial charge in [-0.25, -0.2) is 8.60 Å². The summed E-state index contributed by atoms with van der Waals surface area (Å²) in [5.41, 5.74) is -2.58. The molecule has 196 valence electrons. The maximum atomic E-state index is 14.2. The van der Waals surface area contributed by atoms with Crippen LogP contribution in [0.1, 0.15) is 53.7 Å². The van der Waals surface area contributed by atoms with Gasteiger partial charge in [-0.05, 0) is 54.7 Å². The third kappa shape index (κ3) is 5.86. The second-order valence-corrected chi connectivity index (χ2v) is 12.5. The van der Waals surface area contributed by atoms with Gasteiger partial charge in [0, 0.05) is 29.6 Å². The Bertz CT molecular complexity index is 1330. The van der Waals surface area contributed by atoms with Crippen molar-refractivity contribution in [3.05, 3.63) is 68.4 Å². The van der Waals surface area contributed by atoms with Gasteiger partial charge >= 0.3 is 6.18 Å². The topological polar surface area (TPSA) is 68.1 Å². The molecule has 2 aromatic rings. The number of aryl methyl sites for hydroxylation is 1. The Morgan fingerprint density at radius 3 is 2.36 bits per heavy atom. The molecule has 2 atom stereocenters. The average Bonchev–Trinajstić information content (AvgIpc) is 3.22. The molecule has 36 heavy (non-hydrogen) atoms. The predicted octanol–water partition coefficient (Wildman–Crippen LogP) is 7.31. The lowest BCUT2D eigenvalue weighted by atomic mass is 9.86. The van der Waals surface area contributed by atoms with E-state index in [1.54, 1.807) is 6.92 Å². The highest BCUT2D eigenvalue weighted by Crippen LogP contribution is 2.50. The molecule has 0 aromatic heterocycles. The van der Waals surface area contributed by atoms with Gasteiger partial charge in [-0.2, -0.15) is 17.5 Å². The highest BCUT2D eigenvalue weighted by molar-refractivity contribution is 7.93. The Kier molecular flexibility index (Phi) is 8.13. The number of rotatable bonds is 6. The van der Waals surface area contributed by atoms with Crippen molar-refractivity contribution in [2.75, 3.05) is 12.0 Å². The standard InChI is InChI=1S/C24H24Cl2F4N2O3S/c1-13(2)7-8-36(4,34)32-22(33)17-6-5-15(9-14(17)3)20-12-23(35-31-20,24(28,29)30)16-10-18(25)21(27)19(26)11-16/h5-6,9-11,13H,7-8,12H2,1-4H3. The maximum Gasteiger partial charge on any atom is 0.435 e. The average molecular weight is 567 g/mol. The molecule has 5 nitrogen and oxygen atoms in total. The van der Waals surface area contributed by atoms with E-state index < -0.39 is 55.3 Å². The second-order valence-electron chi connectivity index (χ2n) is 9.16. The Balaban J connectivity index is 1.92. The van der Waals surface area contributed by atoms with Crippen LogP contribution in [0.5, 0.6) is 0 Å². The first kappa shape index (κ1) is 28.4. The summed E-state index contributed by atoms with van der Waals surface area (Å²) in [7, 11) is -2.73. The first-order valence-electron chi connectivity index (χ1n) is 10.9. The summed E-state index contributed by atoms with van der Waals surface area (Å²) in [6.07, 6.45) is -3.60. The molecular weight excluding hydrogens is 543 g/mol. The number of benzene rings is 2. The van der Waals surface area contributed by atoms with E-state index in [0.717, 1.165) is 12.1 Å². The third-order valence-electron chi connectivity index (χ3n) is 5.78. The lowest BCUT2D eigenvalue weighted by molar-refractivity contribution is -0.275. The van der Waals surface area contributed by atoms with Gasteiger partial charge in [0.2, 0.25) is 0 Å². The Morgan fingerprint density at radius 2 is 1.83 bits per heavy atom. The van der Waals surface area contributed by atoms with Crippen molar-refractivity contribution in [1.29, 1.82) is 0 Å². The van der Waals surface area contributed by atoms with Crippen molar-refractivity contribution in [2.24, 2.45) is 15.4 Å². The quantitative estimate of drug-likeness (QED) is 0.272. The van der Waals surface area contributed by atoms with Crippen molar-refractivity contribution in [3.63, 3.8) is 0 Å². The Labute approximate surface area is 217 Å². The van der Waals surface area contributed by atoms with Crippen LogP contribution in [0, 0.1) is 18.7 Å². The summed E-state index contributed by atoms with van der Waals surface area (Å²) in [5, 5.41) is 2.50. The van der Waals surface area contributed by atoms with Crippen LogP contribution in [-0.4, -0.2) is 34.0 Å². The Morgan fingerprint density at radius 1 is 1.22 bits per heavy atom. The van der Waals surface area contributed by atoms with Gasteiger partial charge in [0.15, 0.2) is 5.82 Å². The highest BCUT2D eigenvalue weighted by Gasteiger charge is 2.62. The molecule has 0 N–H and O–H groups in total. The zero-order valence-corrected chi connectivity index (χ0v) is 22.2. The molecular formula is C24H24Cl2F4N2O3S. The van der Waals surface area contributed by atoms with E-state index in [0.29, 0.717) is 17.9 Å². The summed E-state index contributed by atoms with van der Waals surface area (Å²) >= 11 is 11.5. The predicted molar refractivity (Wildman–Crippen MR) is 133 cm³/mol. The van der Waals surface area contributed by atoms with Crippen LogP contribution in [0.2, 0.25) is 10.0 Å². The van der Waals surface area contributed by atoms with Gasteiger partial charge in [0.25, 0.3) is 11.5 Å². The number of alkyl halides is 3. The van der Waals surface area contributed by atoms with Gasteiger partial charge in [-0.3, -0.25) is 4.79 Å². The number of hydrogen-bond acceptors (Lipinski definition) is 4. The van der Waals surface area contributed by atoms with E-state index in [9.17, 15) is 26.6 Å². The fraction of sp³-hybridized carbons (Fsp3) is 0.417. The number of nitrogens with zero attached hydrogens (tertiary/aromatic N) is 2. The number of amides is 1. The van der Waals surface area contributed by atoms with Crippen LogP contribution < -0.4 is 0 Å². The van der Waals surface area contributed by atoms with E-state index in [-0.39, 0.29) is 22.6 Å². The number of halogens is 6. The monoisotopic (exact) mass is 566 g/mol. The minimum absolute atomic E-state index is 0.0424. The lowest BCUT2D eigenvalue weighted by Crippen LogP contribution is -2.42. The van der Waals surface area contributed by atoms with Crippen molar-refractivity contribution in [3.8, 4) is 0 Å². The van der Waals surface area contributed by atoms with Gasteiger partial charge in [0.1, 0.15) is 0 Å². The SMILES string of the molecule is Cc1cc(C2=NOC(c3cc(Cl)c(F)c(Cl)c3)(C(F)(F)F)C2)ccc1C(=O)N=S(C)(=O)CCC(C)C. The molecule has 0 radical (unpaired) electrons. The lowest BCUT2D eigenvalue weighted by Gasteiger charge is -2.29. The molecule has 0 fully saturated rings. The van der Waals surface area contributed by atoms with Crippen LogP contribution in [-0.2, 0) is 20.2 Å². The first-order valence-corrected chi connectivity index (χ1v) is 13.7. The molecule has 3 rings (SSSR count). The number of hydrogen-bond donors (Lipinski definition) is 0. The van der Waals surface area contributed by atoms with Gasteiger partial charge < -0.3 is 4.84 Å². The fourth-order valence-electron chi connectivity index (χ4n) is 3.65. The maximum absolute atomic E-state index is 14.2. The number of oxime groups is 1. The van der Waals surface area contributed by atoms with Crippen molar-refractivity contribution >= 4 is 44.5 Å². The first-order chi connectivity index (χ1) is 16.6. The van der Waals surface area contributed by atoms with E-state index in [1.807, 2.05) is 13.8 Å². The Hall–Kier alpha value is -2.17. The molecule has 1 aliphatic rings. The molecule has 2 aromatic carbocycles. The number of carbonyl (C=O) groups excluding carboxylic acids is 1. The van der Waals surface area contributed by atoms with E-state index in [1.165, 1.54) is 24.5 Å². The largest absolute Gasteiger partial charge is 0.435 e. The van der Waals surface area contributed by atoms with Crippen LogP contribution in [0.15, 0.2) is 39.9 Å². The molecule has 1 heterocycles. The van der Waals surface area contributed by atoms with Gasteiger partial charge in [-0.1, -0.05) is 48.3 Å². The van der Waals surface area contributed by atoms with Crippen LogP contribution in [0.4, 0.5) is 17.6 Å². The zero-order valence-electron chi connectivity index (χ0n) is 19.9. The van der Waals surface area contributed by atoms with Gasteiger partial charge in [-0.15, -0.1) is 0 Å². The van der Waals surface area contributed by atoms with Gasteiger partial charge in [0.05, 0.1) is 25.5 Å². The van der Waals surface area contributed by atoms with E-state index in [2.05, 4.69) is 9.52 Å². The fourth-order valence-corrected chi connectivity index (χ4v) is 5.59. The molecule has 2 unspecified atom stereocenters. The zero-order chi connectivity index (χ0) is 27.1.